The van der Waals surface area contributed by atoms with Crippen molar-refractivity contribution in [3.05, 3.63) is 33.8 Å². The molecule has 23 heavy (non-hydrogen) atoms. The quantitative estimate of drug-likeness (QED) is 0.667. The Balaban J connectivity index is 2.01. The Bertz CT molecular complexity index is 554. The van der Waals surface area contributed by atoms with Crippen LogP contribution >= 0.6 is 23.2 Å². The van der Waals surface area contributed by atoms with Gasteiger partial charge >= 0.3 is 0 Å². The fraction of sp³-hybridized carbons (Fsp3) is 0.667. The Morgan fingerprint density at radius 2 is 1.87 bits per heavy atom. The maximum absolute atomic E-state index is 10.5. The minimum atomic E-state index is -1.74. The predicted octanol–water partition coefficient (Wildman–Crippen LogP) is 5.87. The predicted molar refractivity (Wildman–Crippen MR) is 101 cm³/mol. The van der Waals surface area contributed by atoms with Crippen molar-refractivity contribution in [2.75, 3.05) is 6.61 Å². The molecule has 0 saturated heterocycles. The highest BCUT2D eigenvalue weighted by Crippen LogP contribution is 2.43. The van der Waals surface area contributed by atoms with E-state index < -0.39 is 8.32 Å². The maximum atomic E-state index is 10.5. The molecule has 1 aliphatic carbocycles. The van der Waals surface area contributed by atoms with Crippen LogP contribution in [-0.2, 0) is 4.43 Å². The summed E-state index contributed by atoms with van der Waals surface area (Å²) in [6.07, 6.45) is 1.33. The van der Waals surface area contributed by atoms with Crippen LogP contribution in [0.25, 0.3) is 0 Å². The van der Waals surface area contributed by atoms with Crippen molar-refractivity contribution in [1.29, 1.82) is 0 Å². The fourth-order valence-electron chi connectivity index (χ4n) is 2.93. The van der Waals surface area contributed by atoms with Crippen LogP contribution in [0.1, 0.15) is 45.1 Å². The molecule has 1 aromatic carbocycles. The van der Waals surface area contributed by atoms with Gasteiger partial charge in [0.2, 0.25) is 0 Å². The van der Waals surface area contributed by atoms with E-state index in [1.807, 2.05) is 12.1 Å². The average Bonchev–Trinajstić information content (AvgIpc) is 2.76. The van der Waals surface area contributed by atoms with Crippen LogP contribution in [0.4, 0.5) is 0 Å². The van der Waals surface area contributed by atoms with E-state index in [1.165, 1.54) is 0 Å². The first-order valence-corrected chi connectivity index (χ1v) is 11.9. The Hall–Kier alpha value is -0.0631. The van der Waals surface area contributed by atoms with Gasteiger partial charge in [0.1, 0.15) is 0 Å². The summed E-state index contributed by atoms with van der Waals surface area (Å²) < 4.78 is 6.33. The van der Waals surface area contributed by atoms with Gasteiger partial charge in [0.05, 0.1) is 6.10 Å². The molecule has 3 unspecified atom stereocenters. The zero-order chi connectivity index (χ0) is 17.4. The molecule has 2 nitrogen and oxygen atoms in total. The van der Waals surface area contributed by atoms with Gasteiger partial charge in [-0.1, -0.05) is 50.0 Å². The topological polar surface area (TPSA) is 29.5 Å². The number of benzene rings is 1. The van der Waals surface area contributed by atoms with E-state index in [4.69, 9.17) is 27.6 Å². The second-order valence-corrected chi connectivity index (χ2v) is 13.9. The molecule has 0 aliphatic heterocycles. The lowest BCUT2D eigenvalue weighted by molar-refractivity contribution is 0.152. The highest BCUT2D eigenvalue weighted by molar-refractivity contribution is 6.74. The number of rotatable bonds is 4. The first-order valence-electron chi connectivity index (χ1n) is 8.28. The Labute approximate surface area is 151 Å². The molecule has 0 amide bonds. The molecule has 0 bridgehead atoms. The van der Waals surface area contributed by atoms with Gasteiger partial charge in [0.15, 0.2) is 8.32 Å². The third kappa shape index (κ3) is 4.52. The Morgan fingerprint density at radius 3 is 2.43 bits per heavy atom. The molecule has 130 valence electrons. The lowest BCUT2D eigenvalue weighted by Crippen LogP contribution is -2.41. The fourth-order valence-corrected chi connectivity index (χ4v) is 4.57. The minimum absolute atomic E-state index is 0.0767. The largest absolute Gasteiger partial charge is 0.417 e. The summed E-state index contributed by atoms with van der Waals surface area (Å²) in [5, 5.41) is 11.9. The third-order valence-electron chi connectivity index (χ3n) is 5.47. The number of hydrogen-bond acceptors (Lipinski definition) is 2. The molecule has 0 heterocycles. The Kier molecular flexibility index (Phi) is 5.90. The molecule has 1 N–H and O–H groups in total. The lowest BCUT2D eigenvalue weighted by atomic mass is 9.95. The summed E-state index contributed by atoms with van der Waals surface area (Å²) in [5.74, 6) is 0.462. The van der Waals surface area contributed by atoms with Crippen molar-refractivity contribution in [1.82, 2.24) is 0 Å². The highest BCUT2D eigenvalue weighted by atomic mass is 35.5. The summed E-state index contributed by atoms with van der Waals surface area (Å²) in [6.45, 7) is 12.0. The molecule has 1 fully saturated rings. The van der Waals surface area contributed by atoms with Gasteiger partial charge in [-0.15, -0.1) is 0 Å². The standard InChI is InChI=1S/C18H28Cl2O2Si/c1-18(2,3)23(4,5)22-11-12-8-15(17(21)9-12)14-7-6-13(19)10-16(14)20/h6-7,10,12,15,17,21H,8-9,11H2,1-5H3. The van der Waals surface area contributed by atoms with E-state index in [0.717, 1.165) is 25.0 Å². The van der Waals surface area contributed by atoms with Gasteiger partial charge < -0.3 is 9.53 Å². The van der Waals surface area contributed by atoms with Crippen LogP contribution in [-0.4, -0.2) is 26.1 Å². The van der Waals surface area contributed by atoms with Crippen molar-refractivity contribution in [3.8, 4) is 0 Å². The van der Waals surface area contributed by atoms with Gasteiger partial charge in [-0.2, -0.15) is 0 Å². The summed E-state index contributed by atoms with van der Waals surface area (Å²) in [4.78, 5) is 0. The van der Waals surface area contributed by atoms with Gasteiger partial charge in [0, 0.05) is 22.6 Å². The summed E-state index contributed by atoms with van der Waals surface area (Å²) >= 11 is 12.3. The molecule has 1 aliphatic rings. The first kappa shape index (κ1) is 19.3. The normalized spacial score (nSPS) is 25.8. The molecule has 5 heteroatoms. The van der Waals surface area contributed by atoms with Crippen molar-refractivity contribution in [2.45, 2.75) is 63.8 Å². The van der Waals surface area contributed by atoms with E-state index in [9.17, 15) is 5.11 Å². The lowest BCUT2D eigenvalue weighted by Gasteiger charge is -2.37. The molecule has 0 spiro atoms. The van der Waals surface area contributed by atoms with E-state index in [0.29, 0.717) is 16.0 Å². The molecule has 0 aromatic heterocycles. The van der Waals surface area contributed by atoms with Crippen molar-refractivity contribution in [3.63, 3.8) is 0 Å². The van der Waals surface area contributed by atoms with Crippen LogP contribution in [0.3, 0.4) is 0 Å². The summed E-state index contributed by atoms with van der Waals surface area (Å²) in [5.41, 5.74) is 0.999. The monoisotopic (exact) mass is 374 g/mol. The van der Waals surface area contributed by atoms with Gasteiger partial charge in [0.25, 0.3) is 0 Å². The second kappa shape index (κ2) is 7.05. The average molecular weight is 375 g/mol. The van der Waals surface area contributed by atoms with E-state index >= 15 is 0 Å². The minimum Gasteiger partial charge on any atom is -0.417 e. The van der Waals surface area contributed by atoms with Crippen molar-refractivity contribution in [2.24, 2.45) is 5.92 Å². The zero-order valence-electron chi connectivity index (χ0n) is 14.7. The molecular weight excluding hydrogens is 347 g/mol. The summed E-state index contributed by atoms with van der Waals surface area (Å²) in [7, 11) is -1.74. The van der Waals surface area contributed by atoms with Gasteiger partial charge in [-0.05, 0) is 54.6 Å². The van der Waals surface area contributed by atoms with E-state index in [-0.39, 0.29) is 17.1 Å². The summed E-state index contributed by atoms with van der Waals surface area (Å²) in [6, 6.07) is 5.54. The number of halogens is 2. The highest BCUT2D eigenvalue weighted by Gasteiger charge is 2.40. The van der Waals surface area contributed by atoms with Crippen LogP contribution < -0.4 is 0 Å². The molecule has 3 atom stereocenters. The smallest absolute Gasteiger partial charge is 0.191 e. The number of aliphatic hydroxyl groups excluding tert-OH is 1. The zero-order valence-corrected chi connectivity index (χ0v) is 17.2. The van der Waals surface area contributed by atoms with Crippen LogP contribution in [0, 0.1) is 5.92 Å². The van der Waals surface area contributed by atoms with Gasteiger partial charge in [-0.25, -0.2) is 0 Å². The number of aliphatic hydroxyl groups is 1. The van der Waals surface area contributed by atoms with Crippen molar-refractivity contribution >= 4 is 31.5 Å². The molecule has 0 radical (unpaired) electrons. The van der Waals surface area contributed by atoms with Crippen LogP contribution in [0.5, 0.6) is 0 Å². The molecular formula is C18H28Cl2O2Si. The van der Waals surface area contributed by atoms with E-state index in [2.05, 4.69) is 33.9 Å². The second-order valence-electron chi connectivity index (χ2n) is 8.25. The SMILES string of the molecule is CC(C)(C)[Si](C)(C)OCC1CC(O)C(c2ccc(Cl)cc2Cl)C1. The molecule has 2 rings (SSSR count). The van der Waals surface area contributed by atoms with Crippen LogP contribution in [0.2, 0.25) is 28.2 Å². The maximum Gasteiger partial charge on any atom is 0.191 e. The number of hydrogen-bond donors (Lipinski definition) is 1. The van der Waals surface area contributed by atoms with Crippen LogP contribution in [0.15, 0.2) is 18.2 Å². The third-order valence-corrected chi connectivity index (χ3v) is 10.5. The van der Waals surface area contributed by atoms with Gasteiger partial charge in [-0.3, -0.25) is 0 Å². The van der Waals surface area contributed by atoms with E-state index in [1.54, 1.807) is 6.07 Å². The van der Waals surface area contributed by atoms with Crippen molar-refractivity contribution < 1.29 is 9.53 Å². The Morgan fingerprint density at radius 1 is 1.22 bits per heavy atom. The molecule has 1 saturated carbocycles. The first-order chi connectivity index (χ1) is 10.5. The molecule has 1 aromatic rings.